The van der Waals surface area contributed by atoms with Crippen molar-refractivity contribution in [1.82, 2.24) is 0 Å². The second kappa shape index (κ2) is 4.76. The van der Waals surface area contributed by atoms with Gasteiger partial charge >= 0.3 is 0 Å². The number of nitrogens with one attached hydrogen (secondary N) is 1. The zero-order chi connectivity index (χ0) is 13.4. The molecule has 1 aromatic carbocycles. The Bertz CT molecular complexity index is 585. The van der Waals surface area contributed by atoms with Gasteiger partial charge in [0.2, 0.25) is 0 Å². The average molecular weight is 255 g/mol. The van der Waals surface area contributed by atoms with E-state index in [1.807, 2.05) is 0 Å². The monoisotopic (exact) mass is 255 g/mol. The molecule has 1 aliphatic carbocycles. The van der Waals surface area contributed by atoms with Crippen molar-refractivity contribution in [3.8, 4) is 0 Å². The summed E-state index contributed by atoms with van der Waals surface area (Å²) in [5, 5.41) is 3.46. The Morgan fingerprint density at radius 3 is 2.74 bits per heavy atom. The second-order valence-corrected chi connectivity index (χ2v) is 5.80. The maximum absolute atomic E-state index is 5.91. The molecule has 2 atom stereocenters. The first-order chi connectivity index (χ1) is 9.13. The molecule has 0 radical (unpaired) electrons. The van der Waals surface area contributed by atoms with E-state index in [0.29, 0.717) is 5.92 Å². The lowest BCUT2D eigenvalue weighted by Gasteiger charge is -2.09. The van der Waals surface area contributed by atoms with E-state index in [1.54, 1.807) is 0 Å². The fourth-order valence-electron chi connectivity index (χ4n) is 2.52. The number of benzene rings is 1. The molecule has 1 saturated carbocycles. The van der Waals surface area contributed by atoms with Crippen molar-refractivity contribution in [3.63, 3.8) is 0 Å². The standard InChI is InChI=1S/C17H21NO/c1-11-4-5-12(2)16(8-11)18-10-14-6-7-17(19-14)15-9-13(15)3/h4-8,13,15,18H,9-10H2,1-3H3. The van der Waals surface area contributed by atoms with E-state index < -0.39 is 0 Å². The zero-order valence-corrected chi connectivity index (χ0v) is 11.9. The van der Waals surface area contributed by atoms with E-state index in [9.17, 15) is 0 Å². The molecule has 1 aromatic heterocycles. The molecular weight excluding hydrogens is 234 g/mol. The predicted molar refractivity (Wildman–Crippen MR) is 78.5 cm³/mol. The number of anilines is 1. The number of aryl methyl sites for hydroxylation is 2. The first-order valence-corrected chi connectivity index (χ1v) is 7.03. The minimum Gasteiger partial charge on any atom is -0.464 e. The van der Waals surface area contributed by atoms with Crippen molar-refractivity contribution in [2.75, 3.05) is 5.32 Å². The molecule has 2 nitrogen and oxygen atoms in total. The van der Waals surface area contributed by atoms with Crippen LogP contribution >= 0.6 is 0 Å². The van der Waals surface area contributed by atoms with Crippen LogP contribution in [0, 0.1) is 19.8 Å². The van der Waals surface area contributed by atoms with Crippen molar-refractivity contribution in [2.45, 2.75) is 39.7 Å². The number of hydrogen-bond donors (Lipinski definition) is 1. The van der Waals surface area contributed by atoms with Crippen LogP contribution in [0.3, 0.4) is 0 Å². The molecule has 2 unspecified atom stereocenters. The Morgan fingerprint density at radius 1 is 1.21 bits per heavy atom. The van der Waals surface area contributed by atoms with Gasteiger partial charge in [0.25, 0.3) is 0 Å². The molecule has 0 saturated heterocycles. The zero-order valence-electron chi connectivity index (χ0n) is 11.9. The van der Waals surface area contributed by atoms with E-state index in [1.165, 1.54) is 23.2 Å². The Balaban J connectivity index is 1.65. The minimum absolute atomic E-state index is 0.662. The summed E-state index contributed by atoms with van der Waals surface area (Å²) in [7, 11) is 0. The summed E-state index contributed by atoms with van der Waals surface area (Å²) >= 11 is 0. The number of furan rings is 1. The largest absolute Gasteiger partial charge is 0.464 e. The van der Waals surface area contributed by atoms with Gasteiger partial charge in [0.15, 0.2) is 0 Å². The fourth-order valence-corrected chi connectivity index (χ4v) is 2.52. The van der Waals surface area contributed by atoms with E-state index in [-0.39, 0.29) is 0 Å². The molecule has 1 fully saturated rings. The van der Waals surface area contributed by atoms with E-state index in [4.69, 9.17) is 4.42 Å². The van der Waals surface area contributed by atoms with Crippen LogP contribution in [-0.4, -0.2) is 0 Å². The van der Waals surface area contributed by atoms with Gasteiger partial charge in [-0.15, -0.1) is 0 Å². The third-order valence-corrected chi connectivity index (χ3v) is 4.00. The summed E-state index contributed by atoms with van der Waals surface area (Å²) in [5.74, 6) is 3.64. The summed E-state index contributed by atoms with van der Waals surface area (Å²) < 4.78 is 5.91. The van der Waals surface area contributed by atoms with Gasteiger partial charge in [0.05, 0.1) is 6.54 Å². The van der Waals surface area contributed by atoms with Gasteiger partial charge in [-0.2, -0.15) is 0 Å². The van der Waals surface area contributed by atoms with Crippen LogP contribution in [0.25, 0.3) is 0 Å². The van der Waals surface area contributed by atoms with Gasteiger partial charge < -0.3 is 9.73 Å². The Hall–Kier alpha value is -1.70. The fraction of sp³-hybridized carbons (Fsp3) is 0.412. The van der Waals surface area contributed by atoms with Crippen molar-refractivity contribution < 1.29 is 4.42 Å². The quantitative estimate of drug-likeness (QED) is 0.861. The SMILES string of the molecule is Cc1ccc(C)c(NCc2ccc(C3CC3C)o2)c1. The third kappa shape index (κ3) is 2.67. The first kappa shape index (κ1) is 12.3. The Labute approximate surface area is 114 Å². The molecule has 1 N–H and O–H groups in total. The molecule has 1 aliphatic rings. The van der Waals surface area contributed by atoms with Crippen LogP contribution in [-0.2, 0) is 6.54 Å². The summed E-state index contributed by atoms with van der Waals surface area (Å²) in [6, 6.07) is 10.7. The van der Waals surface area contributed by atoms with E-state index in [2.05, 4.69) is 56.4 Å². The van der Waals surface area contributed by atoms with Crippen molar-refractivity contribution in [2.24, 2.45) is 5.92 Å². The molecule has 0 amide bonds. The summed E-state index contributed by atoms with van der Waals surface area (Å²) in [5.41, 5.74) is 3.74. The van der Waals surface area contributed by atoms with Gasteiger partial charge in [-0.3, -0.25) is 0 Å². The summed E-state index contributed by atoms with van der Waals surface area (Å²) in [6.45, 7) is 7.28. The Kier molecular flexibility index (Phi) is 3.09. The molecular formula is C17H21NO. The highest BCUT2D eigenvalue weighted by atomic mass is 16.3. The van der Waals surface area contributed by atoms with Crippen LogP contribution < -0.4 is 5.32 Å². The number of hydrogen-bond acceptors (Lipinski definition) is 2. The van der Waals surface area contributed by atoms with Crippen molar-refractivity contribution in [3.05, 3.63) is 53.0 Å². The van der Waals surface area contributed by atoms with Crippen LogP contribution in [0.15, 0.2) is 34.7 Å². The maximum Gasteiger partial charge on any atom is 0.123 e. The lowest BCUT2D eigenvalue weighted by Crippen LogP contribution is -2.00. The summed E-state index contributed by atoms with van der Waals surface area (Å²) in [6.07, 6.45) is 1.28. The minimum atomic E-state index is 0.662. The normalized spacial score (nSPS) is 21.4. The highest BCUT2D eigenvalue weighted by Crippen LogP contribution is 2.47. The molecule has 0 spiro atoms. The smallest absolute Gasteiger partial charge is 0.123 e. The van der Waals surface area contributed by atoms with E-state index in [0.717, 1.165) is 24.0 Å². The third-order valence-electron chi connectivity index (χ3n) is 4.00. The van der Waals surface area contributed by atoms with E-state index >= 15 is 0 Å². The lowest BCUT2D eigenvalue weighted by molar-refractivity contribution is 0.468. The van der Waals surface area contributed by atoms with Gasteiger partial charge in [0, 0.05) is 11.6 Å². The van der Waals surface area contributed by atoms with Crippen LogP contribution in [0.1, 0.15) is 41.9 Å². The van der Waals surface area contributed by atoms with Crippen LogP contribution in [0.4, 0.5) is 5.69 Å². The van der Waals surface area contributed by atoms with Gasteiger partial charge in [-0.25, -0.2) is 0 Å². The summed E-state index contributed by atoms with van der Waals surface area (Å²) in [4.78, 5) is 0. The second-order valence-electron chi connectivity index (χ2n) is 5.80. The topological polar surface area (TPSA) is 25.2 Å². The van der Waals surface area contributed by atoms with Crippen molar-refractivity contribution >= 4 is 5.69 Å². The molecule has 19 heavy (non-hydrogen) atoms. The van der Waals surface area contributed by atoms with Crippen LogP contribution in [0.2, 0.25) is 0 Å². The molecule has 0 bridgehead atoms. The van der Waals surface area contributed by atoms with Gasteiger partial charge in [0.1, 0.15) is 11.5 Å². The van der Waals surface area contributed by atoms with Crippen LogP contribution in [0.5, 0.6) is 0 Å². The highest BCUT2D eigenvalue weighted by Gasteiger charge is 2.36. The van der Waals surface area contributed by atoms with Crippen molar-refractivity contribution in [1.29, 1.82) is 0 Å². The van der Waals surface area contributed by atoms with Gasteiger partial charge in [-0.05, 0) is 55.5 Å². The molecule has 1 heterocycles. The molecule has 3 rings (SSSR count). The maximum atomic E-state index is 5.91. The van der Waals surface area contributed by atoms with Gasteiger partial charge in [-0.1, -0.05) is 19.1 Å². The molecule has 2 aromatic rings. The molecule has 100 valence electrons. The predicted octanol–water partition coefficient (Wildman–Crippen LogP) is 4.63. The number of rotatable bonds is 4. The Morgan fingerprint density at radius 2 is 2.00 bits per heavy atom. The lowest BCUT2D eigenvalue weighted by atomic mass is 10.1. The average Bonchev–Trinajstić information content (AvgIpc) is 2.93. The molecule has 2 heteroatoms. The first-order valence-electron chi connectivity index (χ1n) is 7.03. The molecule has 0 aliphatic heterocycles. The highest BCUT2D eigenvalue weighted by molar-refractivity contribution is 5.52.